The molecule has 4 aromatic carbocycles. The molecule has 9 aromatic rings. The van der Waals surface area contributed by atoms with Crippen molar-refractivity contribution in [1.29, 1.82) is 0 Å². The number of aryl methyl sites for hydroxylation is 1. The van der Waals surface area contributed by atoms with Crippen molar-refractivity contribution in [3.8, 4) is 39.5 Å². The third-order valence-corrected chi connectivity index (χ3v) is 11.7. The number of benzene rings is 4. The number of hydrogen-bond acceptors (Lipinski definition) is 5. The minimum atomic E-state index is -1.34. The summed E-state index contributed by atoms with van der Waals surface area (Å²) in [6, 6.07) is 47.9. The molecule has 0 fully saturated rings. The van der Waals surface area contributed by atoms with Crippen LogP contribution in [-0.4, -0.2) is 32.6 Å². The van der Waals surface area contributed by atoms with Crippen LogP contribution < -0.4 is 5.19 Å². The molecule has 1 radical (unpaired) electrons. The number of hydrogen-bond donors (Lipinski definition) is 0. The van der Waals surface area contributed by atoms with Gasteiger partial charge in [0, 0.05) is 43.5 Å². The second-order valence-electron chi connectivity index (χ2n) is 14.9. The first-order chi connectivity index (χ1) is 26.2. The van der Waals surface area contributed by atoms with Gasteiger partial charge < -0.3 is 14.0 Å². The molecule has 5 aromatic heterocycles. The Morgan fingerprint density at radius 1 is 0.745 bits per heavy atom. The molecule has 0 unspecified atom stereocenters. The van der Waals surface area contributed by atoms with E-state index >= 15 is 0 Å². The molecular weight excluding hydrogens is 871 g/mol. The number of aromatic nitrogens is 5. The average Bonchev–Trinajstić information content (AvgIpc) is 3.76. The van der Waals surface area contributed by atoms with Crippen LogP contribution in [0.25, 0.3) is 72.7 Å². The summed E-state index contributed by atoms with van der Waals surface area (Å²) in [7, 11) is -1.34. The van der Waals surface area contributed by atoms with Crippen LogP contribution in [0.1, 0.15) is 31.0 Å². The number of pyridine rings is 3. The van der Waals surface area contributed by atoms with Crippen LogP contribution in [0.2, 0.25) is 19.6 Å². The molecule has 0 aliphatic heterocycles. The summed E-state index contributed by atoms with van der Waals surface area (Å²) in [5.41, 5.74) is 12.5. The van der Waals surface area contributed by atoms with Crippen LogP contribution in [0.4, 0.5) is 0 Å². The number of imidazole rings is 1. The van der Waals surface area contributed by atoms with Crippen molar-refractivity contribution in [2.24, 2.45) is 0 Å². The predicted octanol–water partition coefficient (Wildman–Crippen LogP) is 11.4. The van der Waals surface area contributed by atoms with Gasteiger partial charge >= 0.3 is 0 Å². The first-order valence-corrected chi connectivity index (χ1v) is 21.8. The van der Waals surface area contributed by atoms with Gasteiger partial charge in [-0.15, -0.1) is 47.5 Å². The Balaban J connectivity index is 0.000000199. The molecule has 8 heteroatoms. The summed E-state index contributed by atoms with van der Waals surface area (Å²) < 4.78 is 8.38. The van der Waals surface area contributed by atoms with Crippen molar-refractivity contribution < 1.29 is 24.5 Å². The van der Waals surface area contributed by atoms with Gasteiger partial charge in [0.1, 0.15) is 0 Å². The summed E-state index contributed by atoms with van der Waals surface area (Å²) in [5.74, 6) is 1.29. The van der Waals surface area contributed by atoms with E-state index in [0.29, 0.717) is 17.2 Å². The molecule has 0 bridgehead atoms. The monoisotopic (exact) mass is 912 g/mol. The summed E-state index contributed by atoms with van der Waals surface area (Å²) in [4.78, 5) is 18.8. The zero-order chi connectivity index (χ0) is 37.4. The van der Waals surface area contributed by atoms with Crippen molar-refractivity contribution in [1.82, 2.24) is 24.5 Å². The fourth-order valence-electron chi connectivity index (χ4n) is 6.91. The Morgan fingerprint density at radius 3 is 2.20 bits per heavy atom. The molecule has 5 heterocycles. The molecule has 0 amide bonds. The molecule has 0 spiro atoms. The predicted molar refractivity (Wildman–Crippen MR) is 224 cm³/mol. The maximum Gasteiger partial charge on any atom is 0.215 e. The van der Waals surface area contributed by atoms with Crippen molar-refractivity contribution in [2.75, 3.05) is 0 Å². The molecule has 275 valence electrons. The maximum atomic E-state index is 6.22. The summed E-state index contributed by atoms with van der Waals surface area (Å²) in [5, 5.41) is 2.36. The normalized spacial score (nSPS) is 11.5. The van der Waals surface area contributed by atoms with E-state index in [-0.39, 0.29) is 20.1 Å². The van der Waals surface area contributed by atoms with Gasteiger partial charge in [0.05, 0.1) is 35.6 Å². The largest absolute Gasteiger partial charge is 0.499 e. The van der Waals surface area contributed by atoms with Gasteiger partial charge in [-0.05, 0) is 77.4 Å². The second kappa shape index (κ2) is 15.7. The van der Waals surface area contributed by atoms with E-state index in [2.05, 4.69) is 138 Å². The number of rotatable bonds is 6. The Morgan fingerprint density at radius 2 is 1.47 bits per heavy atom. The van der Waals surface area contributed by atoms with Gasteiger partial charge in [-0.3, -0.25) is 9.97 Å². The second-order valence-corrected chi connectivity index (χ2v) is 19.9. The zero-order valence-electron chi connectivity index (χ0n) is 31.8. The Hall–Kier alpha value is -5.53. The first kappa shape index (κ1) is 37.8. The Kier molecular flexibility index (Phi) is 10.8. The smallest absolute Gasteiger partial charge is 0.215 e. The quantitative estimate of drug-likeness (QED) is 0.123. The molecule has 0 aliphatic rings. The number of fused-ring (bicyclic) bond motifs is 4. The standard InChI is InChI=1S/C30H19N4O.C17H22NSi.Ir/c1-19-11-16-23-27-28(35-30(23)32-19)24(17-18-31-27)29-33-25-9-5-6-10-26(25)34(29)22-14-12-21(13-15-22)20-7-3-2-4-8-20;1-13(2)15-11-16(14-9-7-6-8-10-14)18-12-17(15)19(3,4)5;/h2-16,18H,1H3;6-9,11-13H,1-5H3;/q2*-1;. The van der Waals surface area contributed by atoms with E-state index in [1.54, 1.807) is 6.20 Å². The minimum absolute atomic E-state index is 0. The van der Waals surface area contributed by atoms with Gasteiger partial charge in [0.2, 0.25) is 5.71 Å². The van der Waals surface area contributed by atoms with Gasteiger partial charge in [-0.1, -0.05) is 99.7 Å². The van der Waals surface area contributed by atoms with E-state index < -0.39 is 8.07 Å². The van der Waals surface area contributed by atoms with E-state index in [0.717, 1.165) is 61.5 Å². The number of furan rings is 1. The van der Waals surface area contributed by atoms with Crippen molar-refractivity contribution in [3.05, 3.63) is 157 Å². The van der Waals surface area contributed by atoms with E-state index in [9.17, 15) is 0 Å². The summed E-state index contributed by atoms with van der Waals surface area (Å²) in [6.45, 7) is 13.6. The molecule has 6 nitrogen and oxygen atoms in total. The molecule has 9 rings (SSSR count). The van der Waals surface area contributed by atoms with Crippen LogP contribution in [0.5, 0.6) is 0 Å². The molecule has 55 heavy (non-hydrogen) atoms. The van der Waals surface area contributed by atoms with E-state index in [4.69, 9.17) is 9.40 Å². The van der Waals surface area contributed by atoms with E-state index in [1.165, 1.54) is 16.3 Å². The van der Waals surface area contributed by atoms with Crippen molar-refractivity contribution in [3.63, 3.8) is 0 Å². The first-order valence-electron chi connectivity index (χ1n) is 18.3. The molecule has 0 saturated carbocycles. The van der Waals surface area contributed by atoms with Crippen LogP contribution in [0, 0.1) is 19.1 Å². The maximum absolute atomic E-state index is 6.22. The van der Waals surface area contributed by atoms with Gasteiger partial charge in [-0.25, -0.2) is 4.98 Å². The molecular formula is C47H41IrN5OSi-2. The van der Waals surface area contributed by atoms with Crippen molar-refractivity contribution >= 4 is 46.5 Å². The van der Waals surface area contributed by atoms with Crippen LogP contribution in [0.3, 0.4) is 0 Å². The van der Waals surface area contributed by atoms with Crippen LogP contribution in [0.15, 0.2) is 138 Å². The minimum Gasteiger partial charge on any atom is -0.499 e. The van der Waals surface area contributed by atoms with Gasteiger partial charge in [0.15, 0.2) is 0 Å². The number of para-hydroxylation sites is 2. The molecule has 0 atom stereocenters. The topological polar surface area (TPSA) is 69.6 Å². The molecule has 0 N–H and O–H groups in total. The summed E-state index contributed by atoms with van der Waals surface area (Å²) in [6.07, 6.45) is 3.78. The fraction of sp³-hybridized carbons (Fsp3) is 0.149. The van der Waals surface area contributed by atoms with Crippen LogP contribution >= 0.6 is 0 Å². The van der Waals surface area contributed by atoms with Crippen molar-refractivity contribution in [2.45, 2.75) is 46.3 Å². The molecule has 0 saturated heterocycles. The van der Waals surface area contributed by atoms with Gasteiger partial charge in [-0.2, -0.15) is 0 Å². The SMILES string of the molecule is CC(C)c1cc(-c2[c-]cccc2)ncc1[Si](C)(C)C.Cc1ccc2c(n1)oc1c(-c3nc4ccccc4n3-c3ccc(-c4ccccc4)cc3)[c-]cnc12.[Ir]. The summed E-state index contributed by atoms with van der Waals surface area (Å²) >= 11 is 0. The Labute approximate surface area is 336 Å². The van der Waals surface area contributed by atoms with Crippen LogP contribution in [-0.2, 0) is 20.1 Å². The zero-order valence-corrected chi connectivity index (χ0v) is 35.2. The van der Waals surface area contributed by atoms with E-state index in [1.807, 2.05) is 61.5 Å². The third-order valence-electron chi connectivity index (χ3n) is 9.67. The Bertz CT molecular complexity index is 2730. The fourth-order valence-corrected chi connectivity index (χ4v) is 8.59. The van der Waals surface area contributed by atoms with Gasteiger partial charge in [0.25, 0.3) is 0 Å². The third kappa shape index (κ3) is 7.58. The number of nitrogens with zero attached hydrogens (tertiary/aromatic N) is 5. The average molecular weight is 912 g/mol. The molecule has 0 aliphatic carbocycles.